The molecule has 1 fully saturated rings. The summed E-state index contributed by atoms with van der Waals surface area (Å²) < 4.78 is 11.0. The fraction of sp³-hybridized carbons (Fsp3) is 0.296. The molecule has 4 heterocycles. The number of hydrogen-bond donors (Lipinski definition) is 3. The van der Waals surface area contributed by atoms with Gasteiger partial charge in [-0.05, 0) is 37.1 Å². The molecule has 3 N–H and O–H groups in total. The van der Waals surface area contributed by atoms with Crippen LogP contribution in [-0.4, -0.2) is 38.0 Å². The van der Waals surface area contributed by atoms with E-state index in [9.17, 15) is 15.0 Å². The Morgan fingerprint density at radius 2 is 1.74 bits per heavy atom. The van der Waals surface area contributed by atoms with E-state index in [0.717, 1.165) is 61.1 Å². The molecule has 7 rings (SSSR count). The number of para-hydroxylation sites is 2. The zero-order valence-corrected chi connectivity index (χ0v) is 18.9. The molecule has 2 bridgehead atoms. The lowest BCUT2D eigenvalue weighted by atomic mass is 9.95. The van der Waals surface area contributed by atoms with Gasteiger partial charge in [-0.25, -0.2) is 0 Å². The Balaban J connectivity index is 1.83. The molecule has 0 radical (unpaired) electrons. The van der Waals surface area contributed by atoms with E-state index in [-0.39, 0.29) is 0 Å². The number of aliphatic hydroxyl groups is 2. The molecule has 0 spiro atoms. The Morgan fingerprint density at radius 3 is 2.47 bits per heavy atom. The molecule has 2 aliphatic heterocycles. The van der Waals surface area contributed by atoms with Crippen LogP contribution in [0.25, 0.3) is 43.6 Å². The molecule has 5 aromatic rings. The molecule has 4 unspecified atom stereocenters. The molecule has 0 saturated carbocycles. The van der Waals surface area contributed by atoms with E-state index in [4.69, 9.17) is 4.74 Å². The third-order valence-corrected chi connectivity index (χ3v) is 7.96. The largest absolute Gasteiger partial charge is 0.390 e. The molecule has 34 heavy (non-hydrogen) atoms. The van der Waals surface area contributed by atoms with Gasteiger partial charge in [0.25, 0.3) is 0 Å². The number of fused-ring (bicyclic) bond motifs is 10. The van der Waals surface area contributed by atoms with Gasteiger partial charge in [0.15, 0.2) is 5.72 Å². The summed E-state index contributed by atoms with van der Waals surface area (Å²) >= 11 is 0. The molecule has 7 heteroatoms. The topological polar surface area (TPSA) is 88.7 Å². The first-order chi connectivity index (χ1) is 16.5. The molecule has 172 valence electrons. The second kappa shape index (κ2) is 6.60. The van der Waals surface area contributed by atoms with E-state index >= 15 is 0 Å². The van der Waals surface area contributed by atoms with Crippen LogP contribution in [0.3, 0.4) is 0 Å². The standard InChI is InChI=1S/C27H25N3O4/c1-14-17(12-28-13-31)23-16-8-4-6-10-19(16)30-25(23)24-22(14)15-7-3-5-9-18(15)29(24)21-11-20(32)26(33)27(30,2)34-21/h3-10,13,20-21,26,32-33H,11-12H2,1-2H3,(H,28,31). The molecule has 7 nitrogen and oxygen atoms in total. The highest BCUT2D eigenvalue weighted by Crippen LogP contribution is 2.52. The van der Waals surface area contributed by atoms with Crippen molar-refractivity contribution in [3.63, 3.8) is 0 Å². The van der Waals surface area contributed by atoms with Crippen molar-refractivity contribution in [1.29, 1.82) is 0 Å². The normalized spacial score (nSPS) is 26.1. The van der Waals surface area contributed by atoms with Crippen molar-refractivity contribution >= 4 is 50.0 Å². The highest BCUT2D eigenvalue weighted by Gasteiger charge is 2.51. The lowest BCUT2D eigenvalue weighted by molar-refractivity contribution is -0.272. The summed E-state index contributed by atoms with van der Waals surface area (Å²) in [6.07, 6.45) is -1.46. The van der Waals surface area contributed by atoms with Crippen LogP contribution in [0.15, 0.2) is 48.5 Å². The molecule has 3 aromatic carbocycles. The Morgan fingerprint density at radius 1 is 1.06 bits per heavy atom. The van der Waals surface area contributed by atoms with Crippen molar-refractivity contribution in [2.75, 3.05) is 0 Å². The summed E-state index contributed by atoms with van der Waals surface area (Å²) in [5, 5.41) is 29.5. The van der Waals surface area contributed by atoms with Gasteiger partial charge in [0.2, 0.25) is 6.41 Å². The average Bonchev–Trinajstić information content (AvgIpc) is 3.33. The third kappa shape index (κ3) is 2.20. The van der Waals surface area contributed by atoms with Gasteiger partial charge in [-0.2, -0.15) is 0 Å². The third-order valence-electron chi connectivity index (χ3n) is 7.96. The van der Waals surface area contributed by atoms with Crippen molar-refractivity contribution in [3.8, 4) is 0 Å². The summed E-state index contributed by atoms with van der Waals surface area (Å²) in [7, 11) is 0. The van der Waals surface area contributed by atoms with Gasteiger partial charge in [0.05, 0.1) is 28.2 Å². The maximum Gasteiger partial charge on any atom is 0.207 e. The predicted molar refractivity (Wildman–Crippen MR) is 130 cm³/mol. The van der Waals surface area contributed by atoms with E-state index in [0.29, 0.717) is 13.0 Å². The molecular formula is C27H25N3O4. The number of nitrogens with one attached hydrogen (secondary N) is 1. The van der Waals surface area contributed by atoms with Gasteiger partial charge >= 0.3 is 0 Å². The van der Waals surface area contributed by atoms with Crippen LogP contribution in [0.4, 0.5) is 0 Å². The van der Waals surface area contributed by atoms with Crippen LogP contribution in [0, 0.1) is 6.92 Å². The molecule has 1 amide bonds. The highest BCUT2D eigenvalue weighted by molar-refractivity contribution is 6.25. The van der Waals surface area contributed by atoms with E-state index in [1.807, 2.05) is 37.3 Å². The number of benzene rings is 3. The lowest BCUT2D eigenvalue weighted by Crippen LogP contribution is -2.55. The Hall–Kier alpha value is -3.39. The van der Waals surface area contributed by atoms with Crippen molar-refractivity contribution in [2.24, 2.45) is 0 Å². The van der Waals surface area contributed by atoms with Crippen LogP contribution in [0.5, 0.6) is 0 Å². The SMILES string of the molecule is Cc1c(CNC=O)c2c3ccccc3n3c2c2c1c1ccccc1n2C1CC(O)C(O)C3(C)O1. The van der Waals surface area contributed by atoms with E-state index in [1.165, 1.54) is 0 Å². The summed E-state index contributed by atoms with van der Waals surface area (Å²) in [4.78, 5) is 11.3. The number of carbonyl (C=O) groups excluding carboxylic acids is 1. The molecular weight excluding hydrogens is 430 g/mol. The van der Waals surface area contributed by atoms with Crippen molar-refractivity contribution in [1.82, 2.24) is 14.5 Å². The number of nitrogens with zero attached hydrogens (tertiary/aromatic N) is 2. The number of rotatable bonds is 3. The number of aryl methyl sites for hydroxylation is 1. The number of amides is 1. The van der Waals surface area contributed by atoms with Crippen LogP contribution >= 0.6 is 0 Å². The minimum Gasteiger partial charge on any atom is -0.390 e. The smallest absolute Gasteiger partial charge is 0.207 e. The molecule has 1 saturated heterocycles. The first kappa shape index (κ1) is 20.0. The van der Waals surface area contributed by atoms with Gasteiger partial charge in [-0.15, -0.1) is 0 Å². The van der Waals surface area contributed by atoms with Gasteiger partial charge in [-0.1, -0.05) is 36.4 Å². The van der Waals surface area contributed by atoms with Gasteiger partial charge < -0.3 is 29.4 Å². The number of carbonyl (C=O) groups is 1. The number of aliphatic hydroxyl groups excluding tert-OH is 2. The maximum absolute atomic E-state index is 11.3. The van der Waals surface area contributed by atoms with Crippen LogP contribution in [-0.2, 0) is 21.8 Å². The average molecular weight is 456 g/mol. The van der Waals surface area contributed by atoms with Crippen molar-refractivity contribution < 1.29 is 19.7 Å². The van der Waals surface area contributed by atoms with Crippen LogP contribution in [0.1, 0.15) is 30.7 Å². The lowest BCUT2D eigenvalue weighted by Gasteiger charge is -2.45. The minimum atomic E-state index is -1.18. The van der Waals surface area contributed by atoms with Gasteiger partial charge in [0.1, 0.15) is 12.3 Å². The van der Waals surface area contributed by atoms with Crippen molar-refractivity contribution in [2.45, 2.75) is 51.0 Å². The summed E-state index contributed by atoms with van der Waals surface area (Å²) in [5.41, 5.74) is 4.91. The summed E-state index contributed by atoms with van der Waals surface area (Å²) in [6.45, 7) is 4.37. The maximum atomic E-state index is 11.3. The monoisotopic (exact) mass is 455 g/mol. The van der Waals surface area contributed by atoms with Crippen LogP contribution < -0.4 is 5.32 Å². The Labute approximate surface area is 195 Å². The van der Waals surface area contributed by atoms with Crippen LogP contribution in [0.2, 0.25) is 0 Å². The fourth-order valence-electron chi connectivity index (χ4n) is 6.54. The van der Waals surface area contributed by atoms with E-state index in [1.54, 1.807) is 0 Å². The number of aromatic nitrogens is 2. The zero-order valence-electron chi connectivity index (χ0n) is 18.9. The Kier molecular flexibility index (Phi) is 3.89. The first-order valence-corrected chi connectivity index (χ1v) is 11.7. The van der Waals surface area contributed by atoms with E-state index < -0.39 is 24.2 Å². The quantitative estimate of drug-likeness (QED) is 0.361. The molecule has 2 aromatic heterocycles. The zero-order chi connectivity index (χ0) is 23.4. The second-order valence-electron chi connectivity index (χ2n) is 9.66. The molecule has 2 aliphatic rings. The predicted octanol–water partition coefficient (Wildman–Crippen LogP) is 3.78. The first-order valence-electron chi connectivity index (χ1n) is 11.7. The van der Waals surface area contributed by atoms with Gasteiger partial charge in [-0.3, -0.25) is 4.79 Å². The van der Waals surface area contributed by atoms with E-state index in [2.05, 4.69) is 39.6 Å². The Bertz CT molecular complexity index is 1670. The summed E-state index contributed by atoms with van der Waals surface area (Å²) in [5.74, 6) is 0. The molecule has 0 aliphatic carbocycles. The number of ether oxygens (including phenoxy) is 1. The van der Waals surface area contributed by atoms with Crippen molar-refractivity contribution in [3.05, 3.63) is 59.7 Å². The number of hydrogen-bond acceptors (Lipinski definition) is 4. The fourth-order valence-corrected chi connectivity index (χ4v) is 6.54. The molecule has 4 atom stereocenters. The van der Waals surface area contributed by atoms with Gasteiger partial charge in [0, 0.05) is 34.5 Å². The summed E-state index contributed by atoms with van der Waals surface area (Å²) in [6, 6.07) is 16.3. The minimum absolute atomic E-state index is 0.294. The second-order valence-corrected chi connectivity index (χ2v) is 9.66. The highest BCUT2D eigenvalue weighted by atomic mass is 16.6.